The molecule has 0 amide bonds. The van der Waals surface area contributed by atoms with Crippen LogP contribution in [0.25, 0.3) is 0 Å². The summed E-state index contributed by atoms with van der Waals surface area (Å²) in [6.45, 7) is 3.87. The number of hydrogen-bond acceptors (Lipinski definition) is 4. The second-order valence-electron chi connectivity index (χ2n) is 1.91. The smallest absolute Gasteiger partial charge is 1.00 e. The predicted octanol–water partition coefficient (Wildman–Crippen LogP) is -3.37. The Kier molecular flexibility index (Phi) is 6.28. The Morgan fingerprint density at radius 3 is 2.33 bits per heavy atom. The van der Waals surface area contributed by atoms with Crippen LogP contribution >= 0.6 is 0 Å². The number of rotatable bonds is 3. The molecule has 64 valence electrons. The van der Waals surface area contributed by atoms with Crippen LogP contribution in [0.15, 0.2) is 12.7 Å². The van der Waals surface area contributed by atoms with Gasteiger partial charge in [0.15, 0.2) is 0 Å². The Morgan fingerprint density at radius 1 is 1.67 bits per heavy atom. The zero-order chi connectivity index (χ0) is 9.07. The molecule has 1 unspecified atom stereocenters. The van der Waals surface area contributed by atoms with E-state index in [1.165, 1.54) is 0 Å². The first-order valence-electron chi connectivity index (χ1n) is 2.71. The fourth-order valence-electron chi connectivity index (χ4n) is 0.281. The van der Waals surface area contributed by atoms with Gasteiger partial charge in [-0.1, -0.05) is 6.58 Å². The molecule has 0 aliphatic rings. The minimum Gasteiger partial charge on any atom is -1.00 e. The molecule has 0 aliphatic carbocycles. The van der Waals surface area contributed by atoms with Gasteiger partial charge in [-0.3, -0.25) is 0 Å². The van der Waals surface area contributed by atoms with Crippen LogP contribution in [0.5, 0.6) is 0 Å². The molecule has 0 heterocycles. The van der Waals surface area contributed by atoms with Gasteiger partial charge >= 0.3 is 47.3 Å². The predicted molar refractivity (Wildman–Crippen MR) is 35.7 cm³/mol. The molecule has 2 N–H and O–H groups in total. The van der Waals surface area contributed by atoms with Gasteiger partial charge in [0.05, 0.1) is 0 Å². The third-order valence-corrected chi connectivity index (χ3v) is 0.863. The van der Waals surface area contributed by atoms with E-state index < -0.39 is 17.7 Å². The summed E-state index contributed by atoms with van der Waals surface area (Å²) in [5.41, 5.74) is 0. The summed E-state index contributed by atoms with van der Waals surface area (Å²) in [5.74, 6) is -5.10. The summed E-state index contributed by atoms with van der Waals surface area (Å²) < 4.78 is 4.05. The Bertz CT molecular complexity index is 203. The zero-order valence-electron chi connectivity index (χ0n) is 7.90. The minimum absolute atomic E-state index is 0. The third-order valence-electron chi connectivity index (χ3n) is 0.863. The molecule has 0 radical (unpaired) electrons. The maximum Gasteiger partial charge on any atom is 1.00 e. The molecule has 0 spiro atoms. The van der Waals surface area contributed by atoms with Crippen LogP contribution < -0.4 is 29.6 Å². The number of carboxylic acid groups (broad SMARTS) is 1. The molecule has 0 aromatic carbocycles. The third kappa shape index (κ3) is 4.50. The van der Waals surface area contributed by atoms with E-state index in [0.29, 0.717) is 0 Å². The number of ether oxygens (including phenoxy) is 1. The molecule has 1 atom stereocenters. The second kappa shape index (κ2) is 5.31. The molecule has 0 aliphatic heterocycles. The topological polar surface area (TPSA) is 83.8 Å². The summed E-state index contributed by atoms with van der Waals surface area (Å²) in [6.07, 6.45) is 0.761. The molecule has 0 aromatic rings. The minimum atomic E-state index is -2.48. The van der Waals surface area contributed by atoms with Gasteiger partial charge < -0.3 is 16.4 Å². The van der Waals surface area contributed by atoms with Gasteiger partial charge in [0.2, 0.25) is 0 Å². The first-order chi connectivity index (χ1) is 4.90. The normalized spacial score (nSPS) is 13.5. The zero-order valence-corrected chi connectivity index (χ0v) is 8.90. The summed E-state index contributed by atoms with van der Waals surface area (Å²) in [6, 6.07) is 0. The Balaban J connectivity index is -0.000000500. The molecule has 0 rings (SSSR count). The van der Waals surface area contributed by atoms with E-state index >= 15 is 0 Å². The fraction of sp³-hybridized carbons (Fsp3) is 0.333. The van der Waals surface area contributed by atoms with Crippen molar-refractivity contribution in [3.8, 4) is 0 Å². The first kappa shape index (κ1) is 14.2. The average Bonchev–Trinajstić information content (AvgIpc) is 1.86. The van der Waals surface area contributed by atoms with E-state index in [4.69, 9.17) is 10.2 Å². The molecular weight excluding hydrogens is 175 g/mol. The van der Waals surface area contributed by atoms with Gasteiger partial charge in [-0.15, -0.1) is 0 Å². The van der Waals surface area contributed by atoms with E-state index in [1.807, 2.05) is 0 Å². The molecule has 12 heavy (non-hydrogen) atoms. The van der Waals surface area contributed by atoms with Crippen molar-refractivity contribution < 1.29 is 55.5 Å². The van der Waals surface area contributed by atoms with Crippen LogP contribution in [0.1, 0.15) is 8.35 Å². The fourth-order valence-corrected chi connectivity index (χ4v) is 0.281. The van der Waals surface area contributed by atoms with Gasteiger partial charge in [0.25, 0.3) is 0 Å². The summed E-state index contributed by atoms with van der Waals surface area (Å²) in [4.78, 5) is 20.5. The number of aliphatic carboxylic acids is 1. The maximum atomic E-state index is 10.4. The molecule has 0 saturated heterocycles. The van der Waals surface area contributed by atoms with E-state index in [9.17, 15) is 9.59 Å². The SMILES string of the molecule is C=CC(=O)OC(C)(O)C(=O)O.[H-].[Na+]. The van der Waals surface area contributed by atoms with Crippen LogP contribution in [0, 0.1) is 0 Å². The van der Waals surface area contributed by atoms with Gasteiger partial charge in [0.1, 0.15) is 0 Å². The van der Waals surface area contributed by atoms with Crippen molar-refractivity contribution in [3.63, 3.8) is 0 Å². The van der Waals surface area contributed by atoms with Crippen LogP contribution in [0.3, 0.4) is 0 Å². The summed E-state index contributed by atoms with van der Waals surface area (Å²) in [5, 5.41) is 17.0. The number of hydrogen-bond donors (Lipinski definition) is 2. The summed E-state index contributed by atoms with van der Waals surface area (Å²) >= 11 is 0. The average molecular weight is 184 g/mol. The standard InChI is InChI=1S/C6H8O5.Na.H/c1-3-4(7)11-6(2,10)5(8)9;;/h3,10H,1H2,2H3,(H,8,9);;/q;+1;-1. The number of carbonyl (C=O) groups excluding carboxylic acids is 1. The molecule has 0 bridgehead atoms. The number of carboxylic acids is 1. The van der Waals surface area contributed by atoms with Crippen LogP contribution in [-0.4, -0.2) is 27.9 Å². The van der Waals surface area contributed by atoms with Crippen molar-refractivity contribution in [2.45, 2.75) is 12.7 Å². The van der Waals surface area contributed by atoms with E-state index in [0.717, 1.165) is 13.0 Å². The Hall–Kier alpha value is -0.360. The first-order valence-corrected chi connectivity index (χ1v) is 2.71. The Morgan fingerprint density at radius 2 is 2.08 bits per heavy atom. The van der Waals surface area contributed by atoms with Crippen molar-refractivity contribution in [1.82, 2.24) is 0 Å². The van der Waals surface area contributed by atoms with Crippen LogP contribution in [-0.2, 0) is 14.3 Å². The largest absolute Gasteiger partial charge is 1.00 e. The van der Waals surface area contributed by atoms with Gasteiger partial charge in [-0.05, 0) is 0 Å². The van der Waals surface area contributed by atoms with Gasteiger partial charge in [-0.2, -0.15) is 0 Å². The molecule has 0 saturated carbocycles. The van der Waals surface area contributed by atoms with Gasteiger partial charge in [-0.25, -0.2) is 9.59 Å². The van der Waals surface area contributed by atoms with Crippen molar-refractivity contribution >= 4 is 11.9 Å². The molecular formula is C6H9NaO5. The van der Waals surface area contributed by atoms with Crippen LogP contribution in [0.2, 0.25) is 0 Å². The molecule has 0 aromatic heterocycles. The Labute approximate surface area is 92.8 Å². The monoisotopic (exact) mass is 184 g/mol. The quantitative estimate of drug-likeness (QED) is 0.207. The molecule has 0 fully saturated rings. The molecule has 5 nitrogen and oxygen atoms in total. The van der Waals surface area contributed by atoms with Crippen molar-refractivity contribution in [2.75, 3.05) is 0 Å². The maximum absolute atomic E-state index is 10.4. The van der Waals surface area contributed by atoms with Crippen molar-refractivity contribution in [1.29, 1.82) is 0 Å². The van der Waals surface area contributed by atoms with Crippen molar-refractivity contribution in [3.05, 3.63) is 12.7 Å². The van der Waals surface area contributed by atoms with E-state index in [-0.39, 0.29) is 31.0 Å². The number of aliphatic hydroxyl groups is 1. The summed E-state index contributed by atoms with van der Waals surface area (Å²) in [7, 11) is 0. The van der Waals surface area contributed by atoms with E-state index in [1.54, 1.807) is 0 Å². The van der Waals surface area contributed by atoms with E-state index in [2.05, 4.69) is 11.3 Å². The second-order valence-corrected chi connectivity index (χ2v) is 1.91. The van der Waals surface area contributed by atoms with Crippen LogP contribution in [0.4, 0.5) is 0 Å². The number of carbonyl (C=O) groups is 2. The van der Waals surface area contributed by atoms with Gasteiger partial charge in [0, 0.05) is 13.0 Å². The van der Waals surface area contributed by atoms with Crippen molar-refractivity contribution in [2.24, 2.45) is 0 Å². The molecule has 6 heteroatoms. The number of esters is 1.